The smallest absolute Gasteiger partial charge is 0.340 e. The van der Waals surface area contributed by atoms with E-state index in [9.17, 15) is 23.9 Å². The van der Waals surface area contributed by atoms with Crippen molar-refractivity contribution in [2.45, 2.75) is 0 Å². The van der Waals surface area contributed by atoms with Crippen LogP contribution in [0.15, 0.2) is 65.8 Å². The zero-order chi connectivity index (χ0) is 24.7. The van der Waals surface area contributed by atoms with Crippen LogP contribution in [-0.4, -0.2) is 43.3 Å². The molecular weight excluding hydrogens is 445 g/mol. The molecule has 9 nitrogen and oxygen atoms in total. The molecule has 10 heteroatoms. The average Bonchev–Trinajstić information content (AvgIpc) is 2.83. The molecule has 0 heterocycles. The number of amides is 2. The molecule has 0 saturated heterocycles. The van der Waals surface area contributed by atoms with Gasteiger partial charge in [-0.25, -0.2) is 14.6 Å². The van der Waals surface area contributed by atoms with Crippen LogP contribution in [0.5, 0.6) is 11.5 Å². The van der Waals surface area contributed by atoms with E-state index < -0.39 is 23.6 Å². The molecule has 34 heavy (non-hydrogen) atoms. The number of carboxylic acid groups (broad SMARTS) is 1. The molecule has 0 bridgehead atoms. The zero-order valence-corrected chi connectivity index (χ0v) is 18.2. The third kappa shape index (κ3) is 5.54. The van der Waals surface area contributed by atoms with Gasteiger partial charge in [0.2, 0.25) is 0 Å². The number of nitrogens with one attached hydrogen (secondary N) is 2. The standard InChI is InChI=1S/C24H20FN3O6/c1-33-19-11-8-16(20(24(31)32)21(19)34-2)13-26-28-23(30)15-4-3-5-18(12-15)27-22(29)14-6-9-17(25)10-7-14/h3-13H,1-2H3,(H,27,29)(H,28,30)(H,31,32)/b26-13+. The number of carbonyl (C=O) groups excluding carboxylic acids is 2. The average molecular weight is 465 g/mol. The summed E-state index contributed by atoms with van der Waals surface area (Å²) in [4.78, 5) is 36.5. The molecule has 0 unspecified atom stereocenters. The molecule has 0 atom stereocenters. The third-order valence-corrected chi connectivity index (χ3v) is 4.65. The lowest BCUT2D eigenvalue weighted by atomic mass is 10.1. The molecule has 0 aliphatic carbocycles. The Balaban J connectivity index is 1.73. The van der Waals surface area contributed by atoms with Gasteiger partial charge in [0, 0.05) is 22.4 Å². The van der Waals surface area contributed by atoms with Gasteiger partial charge in [0.15, 0.2) is 11.5 Å². The van der Waals surface area contributed by atoms with E-state index in [-0.39, 0.29) is 33.8 Å². The second-order valence-electron chi connectivity index (χ2n) is 6.81. The third-order valence-electron chi connectivity index (χ3n) is 4.65. The van der Waals surface area contributed by atoms with E-state index in [1.165, 1.54) is 69.0 Å². The Morgan fingerprint density at radius 1 is 0.941 bits per heavy atom. The second kappa shape index (κ2) is 10.7. The van der Waals surface area contributed by atoms with Crippen molar-refractivity contribution in [1.29, 1.82) is 0 Å². The molecule has 174 valence electrons. The molecule has 3 aromatic rings. The van der Waals surface area contributed by atoms with Gasteiger partial charge in [-0.2, -0.15) is 5.10 Å². The van der Waals surface area contributed by atoms with Crippen LogP contribution in [-0.2, 0) is 0 Å². The van der Waals surface area contributed by atoms with Gasteiger partial charge >= 0.3 is 5.97 Å². The highest BCUT2D eigenvalue weighted by atomic mass is 19.1. The molecule has 0 aromatic heterocycles. The largest absolute Gasteiger partial charge is 0.493 e. The maximum Gasteiger partial charge on any atom is 0.340 e. The SMILES string of the molecule is COc1ccc(/C=N/NC(=O)c2cccc(NC(=O)c3ccc(F)cc3)c2)c(C(=O)O)c1OC. The minimum atomic E-state index is -1.26. The Hall–Kier alpha value is -4.73. The fourth-order valence-electron chi connectivity index (χ4n) is 3.04. The van der Waals surface area contributed by atoms with Crippen molar-refractivity contribution >= 4 is 29.7 Å². The monoisotopic (exact) mass is 465 g/mol. The quantitative estimate of drug-likeness (QED) is 0.345. The van der Waals surface area contributed by atoms with Gasteiger partial charge in [-0.3, -0.25) is 9.59 Å². The van der Waals surface area contributed by atoms with Crippen LogP contribution in [0.25, 0.3) is 0 Å². The number of hydrogen-bond donors (Lipinski definition) is 3. The fraction of sp³-hybridized carbons (Fsp3) is 0.0833. The Kier molecular flexibility index (Phi) is 7.55. The summed E-state index contributed by atoms with van der Waals surface area (Å²) in [6, 6.07) is 14.1. The summed E-state index contributed by atoms with van der Waals surface area (Å²) < 4.78 is 23.3. The van der Waals surface area contributed by atoms with Crippen LogP contribution >= 0.6 is 0 Å². The Labute approximate surface area is 193 Å². The minimum absolute atomic E-state index is 0.0230. The van der Waals surface area contributed by atoms with Crippen molar-refractivity contribution in [2.24, 2.45) is 5.10 Å². The lowest BCUT2D eigenvalue weighted by molar-refractivity contribution is 0.0692. The zero-order valence-electron chi connectivity index (χ0n) is 18.2. The predicted octanol–water partition coefficient (Wildman–Crippen LogP) is 3.56. The van der Waals surface area contributed by atoms with Crippen LogP contribution in [0.1, 0.15) is 36.6 Å². The predicted molar refractivity (Wildman–Crippen MR) is 122 cm³/mol. The van der Waals surface area contributed by atoms with E-state index in [1.54, 1.807) is 12.1 Å². The first kappa shape index (κ1) is 23.9. The Bertz CT molecular complexity index is 1260. The highest BCUT2D eigenvalue weighted by molar-refractivity contribution is 6.05. The van der Waals surface area contributed by atoms with E-state index in [1.807, 2.05) is 0 Å². The molecule has 3 rings (SSSR count). The maximum absolute atomic E-state index is 13.0. The van der Waals surface area contributed by atoms with E-state index in [0.717, 1.165) is 0 Å². The number of methoxy groups -OCH3 is 2. The molecule has 0 fully saturated rings. The Morgan fingerprint density at radius 2 is 1.68 bits per heavy atom. The first-order valence-corrected chi connectivity index (χ1v) is 9.82. The number of carbonyl (C=O) groups is 3. The van der Waals surface area contributed by atoms with E-state index in [0.29, 0.717) is 5.69 Å². The van der Waals surface area contributed by atoms with Gasteiger partial charge in [0.25, 0.3) is 11.8 Å². The highest BCUT2D eigenvalue weighted by Gasteiger charge is 2.20. The van der Waals surface area contributed by atoms with Crippen molar-refractivity contribution in [2.75, 3.05) is 19.5 Å². The van der Waals surface area contributed by atoms with Crippen LogP contribution in [0.4, 0.5) is 10.1 Å². The van der Waals surface area contributed by atoms with Crippen LogP contribution < -0.4 is 20.2 Å². The molecule has 0 spiro atoms. The summed E-state index contributed by atoms with van der Waals surface area (Å²) in [6.07, 6.45) is 1.17. The second-order valence-corrected chi connectivity index (χ2v) is 6.81. The number of nitrogens with zero attached hydrogens (tertiary/aromatic N) is 1. The molecule has 3 N–H and O–H groups in total. The Morgan fingerprint density at radius 3 is 2.32 bits per heavy atom. The first-order valence-electron chi connectivity index (χ1n) is 9.82. The lowest BCUT2D eigenvalue weighted by Gasteiger charge is -2.12. The summed E-state index contributed by atoms with van der Waals surface area (Å²) in [6.45, 7) is 0. The van der Waals surface area contributed by atoms with Gasteiger partial charge in [-0.15, -0.1) is 0 Å². The van der Waals surface area contributed by atoms with E-state index in [4.69, 9.17) is 9.47 Å². The van der Waals surface area contributed by atoms with Crippen LogP contribution in [0, 0.1) is 5.82 Å². The molecule has 3 aromatic carbocycles. The number of ether oxygens (including phenoxy) is 2. The van der Waals surface area contributed by atoms with Crippen molar-refractivity contribution in [3.05, 3.63) is 88.7 Å². The number of aromatic carboxylic acids is 1. The molecule has 0 aliphatic heterocycles. The highest BCUT2D eigenvalue weighted by Crippen LogP contribution is 2.32. The van der Waals surface area contributed by atoms with E-state index >= 15 is 0 Å². The van der Waals surface area contributed by atoms with Gasteiger partial charge < -0.3 is 19.9 Å². The van der Waals surface area contributed by atoms with Crippen LogP contribution in [0.3, 0.4) is 0 Å². The topological polar surface area (TPSA) is 126 Å². The minimum Gasteiger partial charge on any atom is -0.493 e. The van der Waals surface area contributed by atoms with Gasteiger partial charge in [0.1, 0.15) is 11.4 Å². The van der Waals surface area contributed by atoms with Crippen molar-refractivity contribution < 1.29 is 33.4 Å². The summed E-state index contributed by atoms with van der Waals surface area (Å²) in [7, 11) is 2.70. The van der Waals surface area contributed by atoms with Gasteiger partial charge in [-0.1, -0.05) is 6.07 Å². The maximum atomic E-state index is 13.0. The van der Waals surface area contributed by atoms with Crippen molar-refractivity contribution in [3.8, 4) is 11.5 Å². The first-order chi connectivity index (χ1) is 16.3. The number of carboxylic acids is 1. The number of halogens is 1. The van der Waals surface area contributed by atoms with E-state index in [2.05, 4.69) is 15.8 Å². The van der Waals surface area contributed by atoms with Gasteiger partial charge in [0.05, 0.1) is 20.4 Å². The molecule has 0 radical (unpaired) electrons. The molecule has 0 aliphatic rings. The number of benzene rings is 3. The van der Waals surface area contributed by atoms with Crippen LogP contribution in [0.2, 0.25) is 0 Å². The molecular formula is C24H20FN3O6. The summed E-state index contributed by atoms with van der Waals surface area (Å²) >= 11 is 0. The summed E-state index contributed by atoms with van der Waals surface area (Å²) in [5, 5.41) is 16.0. The summed E-state index contributed by atoms with van der Waals surface area (Å²) in [5.74, 6) is -2.51. The number of anilines is 1. The molecule has 2 amide bonds. The normalized spacial score (nSPS) is 10.6. The summed E-state index contributed by atoms with van der Waals surface area (Å²) in [5.41, 5.74) is 3.11. The number of hydrazone groups is 1. The fourth-order valence-corrected chi connectivity index (χ4v) is 3.04. The number of rotatable bonds is 8. The van der Waals surface area contributed by atoms with Crippen molar-refractivity contribution in [1.82, 2.24) is 5.43 Å². The van der Waals surface area contributed by atoms with Crippen molar-refractivity contribution in [3.63, 3.8) is 0 Å². The van der Waals surface area contributed by atoms with Gasteiger partial charge in [-0.05, 0) is 54.6 Å². The number of hydrogen-bond acceptors (Lipinski definition) is 6. The molecule has 0 saturated carbocycles. The lowest BCUT2D eigenvalue weighted by Crippen LogP contribution is -2.18.